The number of carboxylic acids is 1. The Morgan fingerprint density at radius 2 is 2.33 bits per heavy atom. The Morgan fingerprint density at radius 1 is 1.67 bits per heavy atom. The normalized spacial score (nSPS) is 9.83. The number of hydrogen-bond donors (Lipinski definition) is 1. The van der Waals surface area contributed by atoms with Crippen LogP contribution in [0.15, 0.2) is 16.6 Å². The van der Waals surface area contributed by atoms with E-state index in [-0.39, 0.29) is 11.6 Å². The number of hydrogen-bond acceptors (Lipinski definition) is 2. The van der Waals surface area contributed by atoms with Gasteiger partial charge in [0.2, 0.25) is 0 Å². The van der Waals surface area contributed by atoms with E-state index in [9.17, 15) is 4.79 Å². The summed E-state index contributed by atoms with van der Waals surface area (Å²) in [4.78, 5) is 14.1. The summed E-state index contributed by atoms with van der Waals surface area (Å²) in [6, 6.07) is 3.29. The highest BCUT2D eigenvalue weighted by atomic mass is 79.9. The first-order valence-corrected chi connectivity index (χ1v) is 4.29. The third kappa shape index (κ3) is 2.46. The minimum absolute atomic E-state index is 0.104. The maximum atomic E-state index is 10.3. The van der Waals surface area contributed by atoms with E-state index in [1.54, 1.807) is 12.1 Å². The third-order valence-corrected chi connectivity index (χ3v) is 2.35. The molecule has 0 spiro atoms. The Balaban J connectivity index is 2.89. The van der Waals surface area contributed by atoms with Gasteiger partial charge in [-0.15, -0.1) is 0 Å². The number of halogens is 2. The van der Waals surface area contributed by atoms with Gasteiger partial charge in [0.1, 0.15) is 5.15 Å². The van der Waals surface area contributed by atoms with Gasteiger partial charge >= 0.3 is 5.97 Å². The quantitative estimate of drug-likeness (QED) is 0.818. The van der Waals surface area contributed by atoms with Gasteiger partial charge in [-0.05, 0) is 28.1 Å². The number of rotatable bonds is 2. The molecule has 0 atom stereocenters. The summed E-state index contributed by atoms with van der Waals surface area (Å²) in [5.74, 6) is -0.916. The van der Waals surface area contributed by atoms with Crippen molar-refractivity contribution in [3.63, 3.8) is 0 Å². The van der Waals surface area contributed by atoms with Gasteiger partial charge in [-0.3, -0.25) is 4.79 Å². The van der Waals surface area contributed by atoms with Crippen molar-refractivity contribution >= 4 is 33.5 Å². The summed E-state index contributed by atoms with van der Waals surface area (Å²) in [5, 5.41) is 8.72. The van der Waals surface area contributed by atoms with Crippen molar-refractivity contribution in [3.8, 4) is 0 Å². The van der Waals surface area contributed by atoms with Gasteiger partial charge in [0.05, 0.1) is 16.6 Å². The van der Waals surface area contributed by atoms with E-state index in [0.29, 0.717) is 10.2 Å². The van der Waals surface area contributed by atoms with Crippen LogP contribution in [0.1, 0.15) is 5.69 Å². The second-order valence-corrected chi connectivity index (χ2v) is 3.36. The fourth-order valence-electron chi connectivity index (χ4n) is 0.708. The Morgan fingerprint density at radius 3 is 2.83 bits per heavy atom. The van der Waals surface area contributed by atoms with Crippen LogP contribution in [0.25, 0.3) is 0 Å². The third-order valence-electron chi connectivity index (χ3n) is 1.19. The zero-order valence-corrected chi connectivity index (χ0v) is 8.26. The van der Waals surface area contributed by atoms with Gasteiger partial charge in [-0.25, -0.2) is 4.98 Å². The van der Waals surface area contributed by atoms with Gasteiger partial charge in [-0.1, -0.05) is 11.6 Å². The number of pyridine rings is 1. The number of carbonyl (C=O) groups is 1. The highest BCUT2D eigenvalue weighted by Gasteiger charge is 2.04. The first kappa shape index (κ1) is 9.48. The lowest BCUT2D eigenvalue weighted by Crippen LogP contribution is -2.02. The van der Waals surface area contributed by atoms with Gasteiger partial charge in [0, 0.05) is 0 Å². The lowest BCUT2D eigenvalue weighted by molar-refractivity contribution is -0.136. The first-order chi connectivity index (χ1) is 5.59. The summed E-state index contributed by atoms with van der Waals surface area (Å²) in [7, 11) is 0. The van der Waals surface area contributed by atoms with E-state index in [0.717, 1.165) is 0 Å². The van der Waals surface area contributed by atoms with Gasteiger partial charge in [0.15, 0.2) is 0 Å². The van der Waals surface area contributed by atoms with Gasteiger partial charge < -0.3 is 5.11 Å². The molecule has 1 rings (SSSR count). The van der Waals surface area contributed by atoms with E-state index in [1.807, 2.05) is 0 Å². The summed E-state index contributed by atoms with van der Waals surface area (Å²) in [5.41, 5.74) is 0.454. The molecule has 0 aliphatic carbocycles. The monoisotopic (exact) mass is 249 g/mol. The molecule has 1 aromatic heterocycles. The van der Waals surface area contributed by atoms with E-state index in [1.165, 1.54) is 0 Å². The summed E-state index contributed by atoms with van der Waals surface area (Å²) in [6.45, 7) is 0. The fourth-order valence-corrected chi connectivity index (χ4v) is 1.10. The number of nitrogens with zero attached hydrogens (tertiary/aromatic N) is 1. The average molecular weight is 250 g/mol. The summed E-state index contributed by atoms with van der Waals surface area (Å²) < 4.78 is 0.665. The zero-order chi connectivity index (χ0) is 9.14. The van der Waals surface area contributed by atoms with Crippen molar-refractivity contribution in [3.05, 3.63) is 27.5 Å². The Kier molecular flexibility index (Phi) is 3.05. The number of aliphatic carboxylic acids is 1. The maximum absolute atomic E-state index is 10.3. The highest BCUT2D eigenvalue weighted by Crippen LogP contribution is 2.19. The molecule has 1 aromatic rings. The molecule has 0 radical (unpaired) electrons. The van der Waals surface area contributed by atoms with Crippen LogP contribution in [-0.2, 0) is 11.2 Å². The topological polar surface area (TPSA) is 50.2 Å². The van der Waals surface area contributed by atoms with Gasteiger partial charge in [-0.2, -0.15) is 0 Å². The average Bonchev–Trinajstić information content (AvgIpc) is 1.96. The molecule has 12 heavy (non-hydrogen) atoms. The standard InChI is InChI=1S/C7H5BrClNO2/c8-5-2-1-4(3-6(11)12)10-7(5)9/h1-2H,3H2,(H,11,12). The van der Waals surface area contributed by atoms with E-state index in [4.69, 9.17) is 16.7 Å². The predicted molar refractivity (Wildman–Crippen MR) is 48.3 cm³/mol. The van der Waals surface area contributed by atoms with Crippen molar-refractivity contribution in [1.82, 2.24) is 4.98 Å². The first-order valence-electron chi connectivity index (χ1n) is 3.12. The molecule has 0 bridgehead atoms. The molecular weight excluding hydrogens is 245 g/mol. The molecule has 0 amide bonds. The van der Waals surface area contributed by atoms with Crippen molar-refractivity contribution in [1.29, 1.82) is 0 Å². The number of aromatic nitrogens is 1. The minimum atomic E-state index is -0.916. The lowest BCUT2D eigenvalue weighted by atomic mass is 10.3. The Labute approximate surface area is 82.5 Å². The molecule has 5 heteroatoms. The van der Waals surface area contributed by atoms with Crippen LogP contribution in [0.3, 0.4) is 0 Å². The molecule has 64 valence electrons. The number of carboxylic acid groups (broad SMARTS) is 1. The predicted octanol–water partition coefficient (Wildman–Crippen LogP) is 2.12. The van der Waals surface area contributed by atoms with Crippen LogP contribution in [0.2, 0.25) is 5.15 Å². The minimum Gasteiger partial charge on any atom is -0.481 e. The molecular formula is C7H5BrClNO2. The van der Waals surface area contributed by atoms with Crippen LogP contribution in [0.5, 0.6) is 0 Å². The molecule has 0 saturated heterocycles. The van der Waals surface area contributed by atoms with Crippen molar-refractivity contribution in [2.45, 2.75) is 6.42 Å². The van der Waals surface area contributed by atoms with Crippen LogP contribution in [-0.4, -0.2) is 16.1 Å². The summed E-state index contributed by atoms with van der Waals surface area (Å²) in [6.07, 6.45) is -0.104. The maximum Gasteiger partial charge on any atom is 0.309 e. The fraction of sp³-hybridized carbons (Fsp3) is 0.143. The Bertz CT molecular complexity index is 316. The van der Waals surface area contributed by atoms with Gasteiger partial charge in [0.25, 0.3) is 0 Å². The zero-order valence-electron chi connectivity index (χ0n) is 5.92. The van der Waals surface area contributed by atoms with Crippen molar-refractivity contribution in [2.24, 2.45) is 0 Å². The second kappa shape index (κ2) is 3.87. The lowest BCUT2D eigenvalue weighted by Gasteiger charge is -1.98. The van der Waals surface area contributed by atoms with E-state index >= 15 is 0 Å². The smallest absolute Gasteiger partial charge is 0.309 e. The molecule has 0 aliphatic heterocycles. The van der Waals surface area contributed by atoms with Crippen LogP contribution in [0, 0.1) is 0 Å². The SMILES string of the molecule is O=C(O)Cc1ccc(Br)c(Cl)n1. The summed E-state index contributed by atoms with van der Waals surface area (Å²) >= 11 is 8.80. The molecule has 1 heterocycles. The van der Waals surface area contributed by atoms with Crippen molar-refractivity contribution < 1.29 is 9.90 Å². The molecule has 0 fully saturated rings. The molecule has 0 saturated carbocycles. The van der Waals surface area contributed by atoms with Crippen LogP contribution < -0.4 is 0 Å². The Hall–Kier alpha value is -0.610. The molecule has 0 unspecified atom stereocenters. The molecule has 0 aromatic carbocycles. The largest absolute Gasteiger partial charge is 0.481 e. The second-order valence-electron chi connectivity index (χ2n) is 2.15. The molecule has 3 nitrogen and oxygen atoms in total. The molecule has 0 aliphatic rings. The van der Waals surface area contributed by atoms with E-state index < -0.39 is 5.97 Å². The van der Waals surface area contributed by atoms with Crippen molar-refractivity contribution in [2.75, 3.05) is 0 Å². The van der Waals surface area contributed by atoms with Crippen LogP contribution >= 0.6 is 27.5 Å². The molecule has 1 N–H and O–H groups in total. The van der Waals surface area contributed by atoms with Crippen LogP contribution in [0.4, 0.5) is 0 Å². The highest BCUT2D eigenvalue weighted by molar-refractivity contribution is 9.10. The van der Waals surface area contributed by atoms with E-state index in [2.05, 4.69) is 20.9 Å².